The van der Waals surface area contributed by atoms with Crippen molar-refractivity contribution in [1.29, 1.82) is 0 Å². The molecule has 0 spiro atoms. The number of fused-ring (bicyclic) bond motifs is 1. The molecule has 4 heteroatoms. The molecule has 1 saturated carbocycles. The Kier molecular flexibility index (Phi) is 5.27. The molecule has 0 aliphatic heterocycles. The zero-order valence-electron chi connectivity index (χ0n) is 19.8. The van der Waals surface area contributed by atoms with Crippen LogP contribution < -0.4 is 0 Å². The third-order valence-electron chi connectivity index (χ3n) is 8.01. The highest BCUT2D eigenvalue weighted by Crippen LogP contribution is 2.56. The van der Waals surface area contributed by atoms with E-state index in [1.165, 1.54) is 40.7 Å². The number of carbonyl (C=O) groups is 2. The van der Waals surface area contributed by atoms with Crippen LogP contribution in [0.5, 0.6) is 0 Å². The van der Waals surface area contributed by atoms with E-state index in [4.69, 9.17) is 0 Å². The lowest BCUT2D eigenvalue weighted by Crippen LogP contribution is -2.34. The standard InChI is InChI=1S/C28H34O4/c1-17-14-22-23(27(4,5)11-10-26(22,2)3)16-21(17)28(12-13-28)19-8-6-18(7-9-19)15-20(24(29)30)25(31)32/h6-9,14,16,20H,10-13,15H2,1-5H3,(H,29,30)(H,31,32). The summed E-state index contributed by atoms with van der Waals surface area (Å²) >= 11 is 0. The number of hydrogen-bond acceptors (Lipinski definition) is 2. The van der Waals surface area contributed by atoms with Crippen LogP contribution in [-0.2, 0) is 32.3 Å². The second-order valence-corrected chi connectivity index (χ2v) is 11.2. The van der Waals surface area contributed by atoms with Crippen LogP contribution in [-0.4, -0.2) is 22.2 Å². The van der Waals surface area contributed by atoms with Gasteiger partial charge in [0, 0.05) is 5.41 Å². The maximum atomic E-state index is 11.2. The van der Waals surface area contributed by atoms with Crippen molar-refractivity contribution in [3.8, 4) is 0 Å². The van der Waals surface area contributed by atoms with Crippen molar-refractivity contribution < 1.29 is 19.8 Å². The molecule has 0 bridgehead atoms. The average molecular weight is 435 g/mol. The van der Waals surface area contributed by atoms with Crippen LogP contribution in [0.25, 0.3) is 0 Å². The fourth-order valence-electron chi connectivity index (χ4n) is 5.55. The number of carboxylic acids is 2. The fraction of sp³-hybridized carbons (Fsp3) is 0.500. The second kappa shape index (κ2) is 7.47. The molecular formula is C28H34O4. The molecule has 2 aliphatic carbocycles. The van der Waals surface area contributed by atoms with Crippen molar-refractivity contribution in [3.63, 3.8) is 0 Å². The zero-order valence-corrected chi connectivity index (χ0v) is 19.8. The highest BCUT2D eigenvalue weighted by atomic mass is 16.4. The molecule has 4 rings (SSSR count). The van der Waals surface area contributed by atoms with Gasteiger partial charge < -0.3 is 10.2 Å². The summed E-state index contributed by atoms with van der Waals surface area (Å²) in [5.41, 5.74) is 8.04. The van der Waals surface area contributed by atoms with Gasteiger partial charge in [-0.05, 0) is 83.2 Å². The van der Waals surface area contributed by atoms with Gasteiger partial charge in [-0.2, -0.15) is 0 Å². The van der Waals surface area contributed by atoms with Crippen molar-refractivity contribution in [2.24, 2.45) is 5.92 Å². The number of aryl methyl sites for hydroxylation is 1. The number of benzene rings is 2. The van der Waals surface area contributed by atoms with Crippen molar-refractivity contribution in [2.45, 2.75) is 83.0 Å². The van der Waals surface area contributed by atoms with Gasteiger partial charge >= 0.3 is 11.9 Å². The molecule has 1 fully saturated rings. The van der Waals surface area contributed by atoms with Crippen LogP contribution in [0.1, 0.15) is 86.8 Å². The van der Waals surface area contributed by atoms with Gasteiger partial charge in [0.1, 0.15) is 0 Å². The van der Waals surface area contributed by atoms with Crippen molar-refractivity contribution in [2.75, 3.05) is 0 Å². The zero-order chi connectivity index (χ0) is 23.5. The van der Waals surface area contributed by atoms with E-state index in [2.05, 4.69) is 58.9 Å². The van der Waals surface area contributed by atoms with Crippen LogP contribution in [0.4, 0.5) is 0 Å². The van der Waals surface area contributed by atoms with E-state index < -0.39 is 17.9 Å². The topological polar surface area (TPSA) is 74.6 Å². The molecule has 0 unspecified atom stereocenters. The predicted octanol–water partition coefficient (Wildman–Crippen LogP) is 5.75. The molecule has 2 aliphatic rings. The highest BCUT2D eigenvalue weighted by molar-refractivity contribution is 5.93. The van der Waals surface area contributed by atoms with E-state index in [1.54, 1.807) is 0 Å². The Bertz CT molecular complexity index is 1060. The van der Waals surface area contributed by atoms with Crippen LogP contribution in [0.2, 0.25) is 0 Å². The van der Waals surface area contributed by atoms with E-state index in [9.17, 15) is 19.8 Å². The Morgan fingerprint density at radius 2 is 1.31 bits per heavy atom. The molecule has 32 heavy (non-hydrogen) atoms. The number of rotatable bonds is 6. The molecule has 2 N–H and O–H groups in total. The molecule has 4 nitrogen and oxygen atoms in total. The lowest BCUT2D eigenvalue weighted by atomic mass is 9.62. The van der Waals surface area contributed by atoms with Gasteiger partial charge in [-0.3, -0.25) is 9.59 Å². The smallest absolute Gasteiger partial charge is 0.318 e. The Balaban J connectivity index is 1.69. The number of aliphatic carboxylic acids is 2. The van der Waals surface area contributed by atoms with E-state index >= 15 is 0 Å². The molecule has 0 heterocycles. The molecule has 0 saturated heterocycles. The van der Waals surface area contributed by atoms with E-state index in [1.807, 2.05) is 12.1 Å². The van der Waals surface area contributed by atoms with Crippen LogP contribution >= 0.6 is 0 Å². The minimum atomic E-state index is -1.41. The molecule has 0 aromatic heterocycles. The Labute approximate surface area is 190 Å². The summed E-state index contributed by atoms with van der Waals surface area (Å²) in [6.45, 7) is 11.7. The predicted molar refractivity (Wildman–Crippen MR) is 125 cm³/mol. The number of hydrogen-bond donors (Lipinski definition) is 2. The van der Waals surface area contributed by atoms with Crippen molar-refractivity contribution in [1.82, 2.24) is 0 Å². The van der Waals surface area contributed by atoms with E-state index in [0.717, 1.165) is 18.4 Å². The normalized spacial score (nSPS) is 19.9. The van der Waals surface area contributed by atoms with Gasteiger partial charge in [0.05, 0.1) is 0 Å². The van der Waals surface area contributed by atoms with Crippen molar-refractivity contribution in [3.05, 3.63) is 69.8 Å². The second-order valence-electron chi connectivity index (χ2n) is 11.2. The first-order valence-electron chi connectivity index (χ1n) is 11.6. The van der Waals surface area contributed by atoms with E-state index in [-0.39, 0.29) is 22.7 Å². The van der Waals surface area contributed by atoms with Gasteiger partial charge in [-0.15, -0.1) is 0 Å². The molecular weight excluding hydrogens is 400 g/mol. The number of carboxylic acid groups (broad SMARTS) is 2. The lowest BCUT2D eigenvalue weighted by Gasteiger charge is -2.43. The molecule has 0 atom stereocenters. The minimum absolute atomic E-state index is 0.000901. The maximum Gasteiger partial charge on any atom is 0.318 e. The molecule has 170 valence electrons. The lowest BCUT2D eigenvalue weighted by molar-refractivity contribution is -0.154. The molecule has 2 aromatic rings. The first kappa shape index (κ1) is 22.6. The van der Waals surface area contributed by atoms with Gasteiger partial charge in [0.2, 0.25) is 0 Å². The fourth-order valence-corrected chi connectivity index (χ4v) is 5.55. The first-order valence-corrected chi connectivity index (χ1v) is 11.6. The summed E-state index contributed by atoms with van der Waals surface area (Å²) in [4.78, 5) is 22.5. The molecule has 0 amide bonds. The summed E-state index contributed by atoms with van der Waals surface area (Å²) in [6, 6.07) is 12.8. The average Bonchev–Trinajstić information content (AvgIpc) is 3.51. The van der Waals surface area contributed by atoms with Crippen LogP contribution in [0.3, 0.4) is 0 Å². The molecule has 2 aromatic carbocycles. The minimum Gasteiger partial charge on any atom is -0.481 e. The Morgan fingerprint density at radius 1 is 0.812 bits per heavy atom. The summed E-state index contributed by atoms with van der Waals surface area (Å²) in [7, 11) is 0. The van der Waals surface area contributed by atoms with Crippen LogP contribution in [0.15, 0.2) is 36.4 Å². The van der Waals surface area contributed by atoms with Crippen LogP contribution in [0, 0.1) is 12.8 Å². The van der Waals surface area contributed by atoms with Crippen molar-refractivity contribution >= 4 is 11.9 Å². The third-order valence-corrected chi connectivity index (χ3v) is 8.01. The van der Waals surface area contributed by atoms with E-state index in [0.29, 0.717) is 0 Å². The van der Waals surface area contributed by atoms with Gasteiger partial charge in [-0.25, -0.2) is 0 Å². The largest absolute Gasteiger partial charge is 0.481 e. The summed E-state index contributed by atoms with van der Waals surface area (Å²) in [5, 5.41) is 18.3. The third kappa shape index (κ3) is 3.74. The SMILES string of the molecule is Cc1cc2c(cc1C1(c3ccc(CC(C(=O)O)C(=O)O)cc3)CC1)C(C)(C)CCC2(C)C. The monoisotopic (exact) mass is 434 g/mol. The summed E-state index contributed by atoms with van der Waals surface area (Å²) in [5.74, 6) is -4.00. The van der Waals surface area contributed by atoms with Gasteiger partial charge in [-0.1, -0.05) is 64.1 Å². The first-order chi connectivity index (χ1) is 14.9. The highest BCUT2D eigenvalue weighted by Gasteiger charge is 2.48. The summed E-state index contributed by atoms with van der Waals surface area (Å²) < 4.78 is 0. The Morgan fingerprint density at radius 3 is 1.78 bits per heavy atom. The molecule has 0 radical (unpaired) electrons. The maximum absolute atomic E-state index is 11.2. The summed E-state index contributed by atoms with van der Waals surface area (Å²) in [6.07, 6.45) is 4.59. The quantitative estimate of drug-likeness (QED) is 0.568. The van der Waals surface area contributed by atoms with Gasteiger partial charge in [0.25, 0.3) is 0 Å². The van der Waals surface area contributed by atoms with Gasteiger partial charge in [0.15, 0.2) is 5.92 Å². The Hall–Kier alpha value is -2.62.